The maximum atomic E-state index is 12.5. The number of halogens is 1. The number of ether oxygens (including phenoxy) is 1. The quantitative estimate of drug-likeness (QED) is 0.664. The van der Waals surface area contributed by atoms with Gasteiger partial charge in [0.15, 0.2) is 0 Å². The minimum absolute atomic E-state index is 0.0250. The minimum Gasteiger partial charge on any atom is -0.497 e. The van der Waals surface area contributed by atoms with E-state index in [-0.39, 0.29) is 17.7 Å². The zero-order valence-electron chi connectivity index (χ0n) is 15.5. The van der Waals surface area contributed by atoms with E-state index in [2.05, 4.69) is 15.5 Å². The molecule has 2 heterocycles. The third-order valence-electron chi connectivity index (χ3n) is 4.64. The van der Waals surface area contributed by atoms with Crippen LogP contribution in [0.25, 0.3) is 0 Å². The molecular weight excluding hydrogens is 412 g/mol. The molecule has 0 unspecified atom stereocenters. The van der Waals surface area contributed by atoms with Gasteiger partial charge in [-0.3, -0.25) is 14.9 Å². The second-order valence-corrected chi connectivity index (χ2v) is 7.90. The highest BCUT2D eigenvalue weighted by Gasteiger charge is 2.34. The average molecular weight is 429 g/mol. The maximum Gasteiger partial charge on any atom is 0.259 e. The number of carbonyl (C=O) groups is 2. The fourth-order valence-electron chi connectivity index (χ4n) is 3.14. The number of hydrogen-bond donors (Lipinski definition) is 1. The fraction of sp³-hybridized carbons (Fsp3) is 0.200. The molecule has 0 bridgehead atoms. The molecule has 29 heavy (non-hydrogen) atoms. The van der Waals surface area contributed by atoms with Crippen LogP contribution in [0.15, 0.2) is 48.5 Å². The van der Waals surface area contributed by atoms with E-state index in [1.54, 1.807) is 36.3 Å². The topological polar surface area (TPSA) is 84.4 Å². The Morgan fingerprint density at radius 1 is 1.21 bits per heavy atom. The van der Waals surface area contributed by atoms with Gasteiger partial charge in [-0.1, -0.05) is 35.1 Å². The van der Waals surface area contributed by atoms with Gasteiger partial charge in [-0.15, -0.1) is 10.2 Å². The van der Waals surface area contributed by atoms with Crippen LogP contribution in [0.1, 0.15) is 27.7 Å². The minimum atomic E-state index is -0.347. The Bertz CT molecular complexity index is 1050. The van der Waals surface area contributed by atoms with Gasteiger partial charge in [0.05, 0.1) is 17.7 Å². The molecule has 2 amide bonds. The monoisotopic (exact) mass is 428 g/mol. The molecule has 0 saturated carbocycles. The Labute approximate surface area is 176 Å². The van der Waals surface area contributed by atoms with Gasteiger partial charge in [-0.2, -0.15) is 0 Å². The second-order valence-electron chi connectivity index (χ2n) is 6.48. The van der Waals surface area contributed by atoms with E-state index in [1.165, 1.54) is 11.3 Å². The zero-order chi connectivity index (χ0) is 20.4. The molecule has 1 aliphatic rings. The fourth-order valence-corrected chi connectivity index (χ4v) is 4.20. The third kappa shape index (κ3) is 4.08. The zero-order valence-corrected chi connectivity index (χ0v) is 17.0. The van der Waals surface area contributed by atoms with Crippen molar-refractivity contribution >= 4 is 45.6 Å². The molecule has 0 spiro atoms. The molecule has 7 nitrogen and oxygen atoms in total. The van der Waals surface area contributed by atoms with Crippen LogP contribution in [0, 0.1) is 0 Å². The van der Waals surface area contributed by atoms with Gasteiger partial charge in [-0.25, -0.2) is 0 Å². The van der Waals surface area contributed by atoms with Crippen molar-refractivity contribution in [1.82, 2.24) is 10.2 Å². The van der Waals surface area contributed by atoms with Crippen LogP contribution in [0.4, 0.5) is 10.8 Å². The number of nitrogens with zero attached hydrogens (tertiary/aromatic N) is 3. The lowest BCUT2D eigenvalue weighted by Crippen LogP contribution is -2.24. The normalized spacial score (nSPS) is 16.1. The molecule has 1 fully saturated rings. The van der Waals surface area contributed by atoms with Crippen LogP contribution in [0.5, 0.6) is 5.75 Å². The standard InChI is InChI=1S/C20H17ClN4O3S/c1-28-14-8-6-13(7-9-14)25-11-12(10-17(25)26)19-23-24-20(29-19)22-18(27)15-4-2-3-5-16(15)21/h2-9,12H,10-11H2,1H3,(H,22,24,27)/t12-/m0/s1. The number of rotatable bonds is 5. The van der Waals surface area contributed by atoms with E-state index in [1.807, 2.05) is 24.3 Å². The molecule has 4 rings (SSSR count). The molecule has 0 radical (unpaired) electrons. The van der Waals surface area contributed by atoms with Crippen molar-refractivity contribution in [2.75, 3.05) is 23.9 Å². The molecule has 1 aliphatic heterocycles. The van der Waals surface area contributed by atoms with Crippen LogP contribution < -0.4 is 15.0 Å². The Hall–Kier alpha value is -2.97. The highest BCUT2D eigenvalue weighted by molar-refractivity contribution is 7.15. The molecule has 1 saturated heterocycles. The molecule has 148 valence electrons. The van der Waals surface area contributed by atoms with Crippen molar-refractivity contribution in [3.63, 3.8) is 0 Å². The van der Waals surface area contributed by atoms with Crippen LogP contribution in [-0.2, 0) is 4.79 Å². The van der Waals surface area contributed by atoms with Crippen LogP contribution in [-0.4, -0.2) is 35.7 Å². The lowest BCUT2D eigenvalue weighted by molar-refractivity contribution is -0.117. The number of carbonyl (C=O) groups excluding carboxylic acids is 2. The number of hydrogen-bond acceptors (Lipinski definition) is 6. The predicted octanol–water partition coefficient (Wildman–Crippen LogP) is 3.97. The summed E-state index contributed by atoms with van der Waals surface area (Å²) in [5.74, 6) is 0.339. The highest BCUT2D eigenvalue weighted by atomic mass is 35.5. The second kappa shape index (κ2) is 8.18. The van der Waals surface area contributed by atoms with Gasteiger partial charge in [0.1, 0.15) is 10.8 Å². The summed E-state index contributed by atoms with van der Waals surface area (Å²) in [5.41, 5.74) is 1.18. The summed E-state index contributed by atoms with van der Waals surface area (Å²) >= 11 is 7.33. The van der Waals surface area contributed by atoms with Crippen molar-refractivity contribution < 1.29 is 14.3 Å². The van der Waals surface area contributed by atoms with Crippen molar-refractivity contribution in [3.8, 4) is 5.75 Å². The molecule has 1 N–H and O–H groups in total. The van der Waals surface area contributed by atoms with Gasteiger partial charge in [0.2, 0.25) is 11.0 Å². The van der Waals surface area contributed by atoms with Gasteiger partial charge in [0, 0.05) is 24.6 Å². The first-order valence-electron chi connectivity index (χ1n) is 8.89. The third-order valence-corrected chi connectivity index (χ3v) is 5.97. The number of amides is 2. The molecular formula is C20H17ClN4O3S. The highest BCUT2D eigenvalue weighted by Crippen LogP contribution is 2.35. The lowest BCUT2D eigenvalue weighted by Gasteiger charge is -2.16. The SMILES string of the molecule is COc1ccc(N2C[C@@H](c3nnc(NC(=O)c4ccccc4Cl)s3)CC2=O)cc1. The molecule has 1 aromatic heterocycles. The first-order chi connectivity index (χ1) is 14.0. The van der Waals surface area contributed by atoms with Crippen molar-refractivity contribution in [2.45, 2.75) is 12.3 Å². The molecule has 2 aromatic carbocycles. The number of anilines is 2. The Morgan fingerprint density at radius 2 is 1.97 bits per heavy atom. The predicted molar refractivity (Wildman–Crippen MR) is 112 cm³/mol. The van der Waals surface area contributed by atoms with E-state index in [0.29, 0.717) is 33.7 Å². The first-order valence-corrected chi connectivity index (χ1v) is 10.1. The first kappa shape index (κ1) is 19.4. The Balaban J connectivity index is 1.45. The summed E-state index contributed by atoms with van der Waals surface area (Å²) in [6.07, 6.45) is 0.346. The summed E-state index contributed by atoms with van der Waals surface area (Å²) in [6.45, 7) is 0.512. The number of nitrogens with one attached hydrogen (secondary N) is 1. The maximum absolute atomic E-state index is 12.5. The molecule has 0 aliphatic carbocycles. The summed E-state index contributed by atoms with van der Waals surface area (Å²) < 4.78 is 5.16. The number of methoxy groups -OCH3 is 1. The van der Waals surface area contributed by atoms with Crippen LogP contribution in [0.2, 0.25) is 5.02 Å². The van der Waals surface area contributed by atoms with E-state index in [4.69, 9.17) is 16.3 Å². The van der Waals surface area contributed by atoms with E-state index >= 15 is 0 Å². The summed E-state index contributed by atoms with van der Waals surface area (Å²) in [6, 6.07) is 14.1. The van der Waals surface area contributed by atoms with Crippen LogP contribution in [0.3, 0.4) is 0 Å². The van der Waals surface area contributed by atoms with Gasteiger partial charge in [0.25, 0.3) is 5.91 Å². The van der Waals surface area contributed by atoms with Crippen LogP contribution >= 0.6 is 22.9 Å². The van der Waals surface area contributed by atoms with Gasteiger partial charge >= 0.3 is 0 Å². The molecule has 1 atom stereocenters. The lowest BCUT2D eigenvalue weighted by atomic mass is 10.1. The summed E-state index contributed by atoms with van der Waals surface area (Å²) in [7, 11) is 1.60. The number of benzene rings is 2. The van der Waals surface area contributed by atoms with Crippen molar-refractivity contribution in [1.29, 1.82) is 0 Å². The van der Waals surface area contributed by atoms with Crippen molar-refractivity contribution in [2.24, 2.45) is 0 Å². The van der Waals surface area contributed by atoms with Crippen molar-refractivity contribution in [3.05, 3.63) is 64.1 Å². The summed E-state index contributed by atoms with van der Waals surface area (Å²) in [5, 5.41) is 12.4. The van der Waals surface area contributed by atoms with E-state index in [9.17, 15) is 9.59 Å². The van der Waals surface area contributed by atoms with Gasteiger partial charge in [-0.05, 0) is 36.4 Å². The largest absolute Gasteiger partial charge is 0.497 e. The van der Waals surface area contributed by atoms with Gasteiger partial charge < -0.3 is 9.64 Å². The van der Waals surface area contributed by atoms with E-state index < -0.39 is 0 Å². The smallest absolute Gasteiger partial charge is 0.259 e. The molecule has 9 heteroatoms. The average Bonchev–Trinajstić information content (AvgIpc) is 3.35. The number of aromatic nitrogens is 2. The Kier molecular flexibility index (Phi) is 5.46. The Morgan fingerprint density at radius 3 is 2.69 bits per heavy atom. The molecule has 3 aromatic rings. The summed E-state index contributed by atoms with van der Waals surface area (Å²) in [4.78, 5) is 26.6. The van der Waals surface area contributed by atoms with E-state index in [0.717, 1.165) is 11.4 Å².